The molecule has 0 saturated heterocycles. The first-order chi connectivity index (χ1) is 12.6. The van der Waals surface area contributed by atoms with Gasteiger partial charge >= 0.3 is 11.8 Å². The van der Waals surface area contributed by atoms with E-state index in [1.807, 2.05) is 30.3 Å². The van der Waals surface area contributed by atoms with Crippen LogP contribution in [0.25, 0.3) is 0 Å². The number of amides is 2. The molecule has 26 heavy (non-hydrogen) atoms. The monoisotopic (exact) mass is 351 g/mol. The maximum absolute atomic E-state index is 11.9. The van der Waals surface area contributed by atoms with E-state index in [1.54, 1.807) is 0 Å². The van der Waals surface area contributed by atoms with E-state index in [0.29, 0.717) is 19.5 Å². The van der Waals surface area contributed by atoms with Crippen molar-refractivity contribution in [1.29, 1.82) is 0 Å². The number of benzene rings is 2. The van der Waals surface area contributed by atoms with Crippen LogP contribution in [-0.2, 0) is 29.0 Å². The summed E-state index contributed by atoms with van der Waals surface area (Å²) in [5, 5.41) is 5.33. The van der Waals surface area contributed by atoms with Crippen LogP contribution in [0.15, 0.2) is 48.5 Å². The number of carbonyl (C=O) groups is 2. The Morgan fingerprint density at radius 1 is 1.00 bits per heavy atom. The van der Waals surface area contributed by atoms with Gasteiger partial charge in [-0.3, -0.25) is 9.59 Å². The van der Waals surface area contributed by atoms with Gasteiger partial charge in [-0.15, -0.1) is 0 Å². The van der Waals surface area contributed by atoms with Crippen LogP contribution in [0.1, 0.15) is 23.1 Å². The molecule has 0 spiro atoms. The second-order valence-corrected chi connectivity index (χ2v) is 6.66. The third kappa shape index (κ3) is 4.63. The van der Waals surface area contributed by atoms with Crippen molar-refractivity contribution in [2.24, 2.45) is 0 Å². The molecule has 2 aromatic carbocycles. The van der Waals surface area contributed by atoms with E-state index < -0.39 is 11.8 Å². The number of nitrogens with one attached hydrogen (secondary N) is 2. The summed E-state index contributed by atoms with van der Waals surface area (Å²) < 4.78 is 0. The molecule has 0 unspecified atom stereocenters. The molecule has 0 fully saturated rings. The van der Waals surface area contributed by atoms with Gasteiger partial charge in [0.2, 0.25) is 0 Å². The van der Waals surface area contributed by atoms with Crippen molar-refractivity contribution < 1.29 is 9.59 Å². The van der Waals surface area contributed by atoms with E-state index in [1.165, 1.54) is 23.2 Å². The summed E-state index contributed by atoms with van der Waals surface area (Å²) in [5.41, 5.74) is 4.81. The summed E-state index contributed by atoms with van der Waals surface area (Å²) in [4.78, 5) is 26.0. The summed E-state index contributed by atoms with van der Waals surface area (Å²) in [5.74, 6) is -1.18. The molecule has 5 nitrogen and oxygen atoms in total. The van der Waals surface area contributed by atoms with Crippen LogP contribution in [0.4, 0.5) is 5.69 Å². The topological polar surface area (TPSA) is 61.4 Å². The molecule has 1 aliphatic rings. The Balaban J connectivity index is 1.44. The minimum Gasteiger partial charge on any atom is -0.374 e. The van der Waals surface area contributed by atoms with Crippen molar-refractivity contribution in [2.45, 2.75) is 25.8 Å². The molecule has 2 amide bonds. The predicted molar refractivity (Wildman–Crippen MR) is 103 cm³/mol. The van der Waals surface area contributed by atoms with E-state index in [9.17, 15) is 9.59 Å². The maximum atomic E-state index is 11.9. The molecule has 136 valence electrons. The lowest BCUT2D eigenvalue weighted by Gasteiger charge is -2.27. The molecular weight excluding hydrogens is 326 g/mol. The standard InChI is InChI=1S/C21H25N3O2/c1-24-13-5-8-18-14-16(9-10-19(18)24)11-12-22-20(25)21(26)23-15-17-6-3-2-4-7-17/h2-4,6-7,9-10,14H,5,8,11-13,15H2,1H3,(H,22,25)(H,23,26). The molecule has 0 saturated carbocycles. The first kappa shape index (κ1) is 18.0. The molecule has 0 aliphatic carbocycles. The fourth-order valence-electron chi connectivity index (χ4n) is 3.25. The molecule has 5 heteroatoms. The van der Waals surface area contributed by atoms with Gasteiger partial charge in [0.05, 0.1) is 0 Å². The lowest BCUT2D eigenvalue weighted by molar-refractivity contribution is -0.139. The maximum Gasteiger partial charge on any atom is 0.309 e. The summed E-state index contributed by atoms with van der Waals surface area (Å²) >= 11 is 0. The number of nitrogens with zero attached hydrogens (tertiary/aromatic N) is 1. The molecule has 0 radical (unpaired) electrons. The van der Waals surface area contributed by atoms with Crippen LogP contribution < -0.4 is 15.5 Å². The lowest BCUT2D eigenvalue weighted by atomic mass is 9.98. The van der Waals surface area contributed by atoms with E-state index in [0.717, 1.165) is 18.5 Å². The van der Waals surface area contributed by atoms with Crippen molar-refractivity contribution >= 4 is 17.5 Å². The molecule has 2 N–H and O–H groups in total. The second kappa shape index (κ2) is 8.52. The zero-order valence-corrected chi connectivity index (χ0v) is 15.1. The van der Waals surface area contributed by atoms with Crippen LogP contribution in [0, 0.1) is 0 Å². The van der Waals surface area contributed by atoms with Crippen molar-refractivity contribution in [3.8, 4) is 0 Å². The lowest BCUT2D eigenvalue weighted by Crippen LogP contribution is -2.40. The SMILES string of the molecule is CN1CCCc2cc(CCNC(=O)C(=O)NCc3ccccc3)ccc21. The molecule has 2 aromatic rings. The Kier molecular flexibility index (Phi) is 5.89. The summed E-state index contributed by atoms with van der Waals surface area (Å²) in [7, 11) is 2.12. The van der Waals surface area contributed by atoms with Gasteiger partial charge in [-0.25, -0.2) is 0 Å². The quantitative estimate of drug-likeness (QED) is 0.811. The number of anilines is 1. The van der Waals surface area contributed by atoms with Crippen molar-refractivity contribution in [2.75, 3.05) is 25.0 Å². The molecule has 0 atom stereocenters. The van der Waals surface area contributed by atoms with Gasteiger partial charge in [0, 0.05) is 32.4 Å². The third-order valence-corrected chi connectivity index (χ3v) is 4.70. The fourth-order valence-corrected chi connectivity index (χ4v) is 3.25. The molecule has 1 heterocycles. The zero-order valence-electron chi connectivity index (χ0n) is 15.1. The van der Waals surface area contributed by atoms with Crippen LogP contribution >= 0.6 is 0 Å². The molecule has 1 aliphatic heterocycles. The van der Waals surface area contributed by atoms with E-state index in [4.69, 9.17) is 0 Å². The summed E-state index contributed by atoms with van der Waals surface area (Å²) in [6.07, 6.45) is 2.99. The van der Waals surface area contributed by atoms with Crippen molar-refractivity contribution in [3.63, 3.8) is 0 Å². The average molecular weight is 351 g/mol. The highest BCUT2D eigenvalue weighted by atomic mass is 16.2. The van der Waals surface area contributed by atoms with Gasteiger partial charge < -0.3 is 15.5 Å². The molecule has 0 bridgehead atoms. The Morgan fingerprint density at radius 2 is 1.77 bits per heavy atom. The van der Waals surface area contributed by atoms with Gasteiger partial charge in [-0.2, -0.15) is 0 Å². The smallest absolute Gasteiger partial charge is 0.309 e. The van der Waals surface area contributed by atoms with Gasteiger partial charge in [0.15, 0.2) is 0 Å². The van der Waals surface area contributed by atoms with Crippen LogP contribution in [0.3, 0.4) is 0 Å². The zero-order chi connectivity index (χ0) is 18.4. The van der Waals surface area contributed by atoms with Crippen LogP contribution in [0.5, 0.6) is 0 Å². The Bertz CT molecular complexity index is 774. The minimum absolute atomic E-state index is 0.353. The highest BCUT2D eigenvalue weighted by Gasteiger charge is 2.15. The number of rotatable bonds is 5. The Hall–Kier alpha value is -2.82. The van der Waals surface area contributed by atoms with Gasteiger partial charge in [0.25, 0.3) is 0 Å². The number of hydrogen-bond donors (Lipinski definition) is 2. The van der Waals surface area contributed by atoms with E-state index >= 15 is 0 Å². The van der Waals surface area contributed by atoms with Crippen LogP contribution in [-0.4, -0.2) is 32.0 Å². The highest BCUT2D eigenvalue weighted by molar-refractivity contribution is 6.35. The highest BCUT2D eigenvalue weighted by Crippen LogP contribution is 2.26. The van der Waals surface area contributed by atoms with Gasteiger partial charge in [-0.1, -0.05) is 42.5 Å². The second-order valence-electron chi connectivity index (χ2n) is 6.66. The Morgan fingerprint density at radius 3 is 2.58 bits per heavy atom. The molecular formula is C21H25N3O2. The van der Waals surface area contributed by atoms with Crippen molar-refractivity contribution in [3.05, 3.63) is 65.2 Å². The number of fused-ring (bicyclic) bond motifs is 1. The Labute approximate surface area is 154 Å². The third-order valence-electron chi connectivity index (χ3n) is 4.70. The van der Waals surface area contributed by atoms with Gasteiger partial charge in [-0.05, 0) is 42.0 Å². The van der Waals surface area contributed by atoms with Crippen LogP contribution in [0.2, 0.25) is 0 Å². The summed E-state index contributed by atoms with van der Waals surface area (Å²) in [6, 6.07) is 16.0. The predicted octanol–water partition coefficient (Wildman–Crippen LogP) is 2.04. The summed E-state index contributed by atoms with van der Waals surface area (Å²) in [6.45, 7) is 1.90. The van der Waals surface area contributed by atoms with Gasteiger partial charge in [0.1, 0.15) is 0 Å². The van der Waals surface area contributed by atoms with E-state index in [2.05, 4.69) is 40.8 Å². The molecule has 0 aromatic heterocycles. The number of carbonyl (C=O) groups excluding carboxylic acids is 2. The largest absolute Gasteiger partial charge is 0.374 e. The average Bonchev–Trinajstić information content (AvgIpc) is 2.67. The molecule has 3 rings (SSSR count). The number of hydrogen-bond acceptors (Lipinski definition) is 3. The first-order valence-electron chi connectivity index (χ1n) is 9.06. The normalized spacial score (nSPS) is 13.0. The number of aryl methyl sites for hydroxylation is 1. The van der Waals surface area contributed by atoms with Crippen molar-refractivity contribution in [1.82, 2.24) is 10.6 Å². The van der Waals surface area contributed by atoms with E-state index in [-0.39, 0.29) is 0 Å². The minimum atomic E-state index is -0.596. The fraction of sp³-hybridized carbons (Fsp3) is 0.333. The first-order valence-corrected chi connectivity index (χ1v) is 9.06.